The molecule has 0 atom stereocenters. The maximum atomic E-state index is 12.5. The summed E-state index contributed by atoms with van der Waals surface area (Å²) in [5.41, 5.74) is -0.652. The van der Waals surface area contributed by atoms with Crippen LogP contribution in [0.3, 0.4) is 0 Å². The van der Waals surface area contributed by atoms with Crippen LogP contribution < -0.4 is 4.74 Å². The Labute approximate surface area is 96.4 Å². The fraction of sp³-hybridized carbons (Fsp3) is 0.500. The van der Waals surface area contributed by atoms with E-state index in [2.05, 4.69) is 4.98 Å². The highest BCUT2D eigenvalue weighted by atomic mass is 35.5. The van der Waals surface area contributed by atoms with Crippen LogP contribution in [0.5, 0.6) is 5.88 Å². The van der Waals surface area contributed by atoms with E-state index in [1.807, 2.05) is 0 Å². The Morgan fingerprint density at radius 2 is 2.00 bits per heavy atom. The number of hydrogen-bond acceptors (Lipinski definition) is 2. The molecule has 2 nitrogen and oxygen atoms in total. The molecule has 1 aromatic rings. The lowest BCUT2D eigenvalue weighted by Crippen LogP contribution is -2.12. The van der Waals surface area contributed by atoms with Gasteiger partial charge in [0.15, 0.2) is 0 Å². The van der Waals surface area contributed by atoms with Crippen molar-refractivity contribution in [2.45, 2.75) is 32.0 Å². The molecular weight excluding hydrogens is 243 g/mol. The van der Waals surface area contributed by atoms with Crippen molar-refractivity contribution in [3.63, 3.8) is 0 Å². The van der Waals surface area contributed by atoms with E-state index in [1.54, 1.807) is 13.8 Å². The third-order valence-electron chi connectivity index (χ3n) is 1.66. The van der Waals surface area contributed by atoms with Gasteiger partial charge in [-0.05, 0) is 25.5 Å². The number of pyridine rings is 1. The van der Waals surface area contributed by atoms with Crippen LogP contribution in [0.15, 0.2) is 12.1 Å². The van der Waals surface area contributed by atoms with E-state index >= 15 is 0 Å². The predicted molar refractivity (Wildman–Crippen MR) is 54.6 cm³/mol. The molecule has 0 fully saturated rings. The first-order chi connectivity index (χ1) is 7.32. The third kappa shape index (κ3) is 3.56. The van der Waals surface area contributed by atoms with Crippen molar-refractivity contribution in [2.24, 2.45) is 0 Å². The van der Waals surface area contributed by atoms with Crippen LogP contribution in [0.1, 0.15) is 25.1 Å². The summed E-state index contributed by atoms with van der Waals surface area (Å²) >= 11 is 5.51. The van der Waals surface area contributed by atoms with Crippen LogP contribution in [0, 0.1) is 0 Å². The van der Waals surface area contributed by atoms with Gasteiger partial charge in [0.05, 0.1) is 6.10 Å². The van der Waals surface area contributed by atoms with Crippen molar-refractivity contribution in [1.82, 2.24) is 4.98 Å². The lowest BCUT2D eigenvalue weighted by molar-refractivity contribution is -0.141. The highest BCUT2D eigenvalue weighted by Crippen LogP contribution is 2.30. The van der Waals surface area contributed by atoms with E-state index < -0.39 is 11.9 Å². The van der Waals surface area contributed by atoms with Crippen molar-refractivity contribution in [2.75, 3.05) is 0 Å². The van der Waals surface area contributed by atoms with E-state index in [4.69, 9.17) is 16.3 Å². The minimum Gasteiger partial charge on any atom is -0.475 e. The molecule has 0 spiro atoms. The minimum absolute atomic E-state index is 0.0138. The molecule has 0 N–H and O–H groups in total. The Morgan fingerprint density at radius 1 is 1.38 bits per heavy atom. The van der Waals surface area contributed by atoms with Gasteiger partial charge in [0.2, 0.25) is 5.88 Å². The van der Waals surface area contributed by atoms with Crippen molar-refractivity contribution < 1.29 is 17.9 Å². The maximum absolute atomic E-state index is 12.5. The summed E-state index contributed by atoms with van der Waals surface area (Å²) in [4.78, 5) is 3.39. The van der Waals surface area contributed by atoms with Crippen molar-refractivity contribution in [3.8, 4) is 5.88 Å². The summed E-state index contributed by atoms with van der Waals surface area (Å²) in [6, 6.07) is 2.32. The zero-order chi connectivity index (χ0) is 12.3. The molecule has 0 amide bonds. The minimum atomic E-state index is -4.49. The summed E-state index contributed by atoms with van der Waals surface area (Å²) in [6.07, 6.45) is -4.73. The fourth-order valence-corrected chi connectivity index (χ4v) is 1.24. The number of alkyl halides is 4. The van der Waals surface area contributed by atoms with Gasteiger partial charge in [0.25, 0.3) is 0 Å². The maximum Gasteiger partial charge on any atom is 0.433 e. The molecule has 16 heavy (non-hydrogen) atoms. The van der Waals surface area contributed by atoms with E-state index in [9.17, 15) is 13.2 Å². The van der Waals surface area contributed by atoms with Crippen molar-refractivity contribution >= 4 is 11.6 Å². The number of halogens is 4. The first kappa shape index (κ1) is 13.1. The van der Waals surface area contributed by atoms with Gasteiger partial charge in [-0.15, -0.1) is 11.6 Å². The second-order valence-corrected chi connectivity index (χ2v) is 3.76. The molecule has 1 aromatic heterocycles. The smallest absolute Gasteiger partial charge is 0.433 e. The zero-order valence-electron chi connectivity index (χ0n) is 8.81. The Bertz CT molecular complexity index is 366. The van der Waals surface area contributed by atoms with Crippen LogP contribution in [-0.4, -0.2) is 11.1 Å². The Kier molecular flexibility index (Phi) is 4.02. The van der Waals surface area contributed by atoms with Gasteiger partial charge in [0.1, 0.15) is 5.69 Å². The summed E-state index contributed by atoms with van der Waals surface area (Å²) in [7, 11) is 0. The van der Waals surface area contributed by atoms with Gasteiger partial charge in [-0.3, -0.25) is 0 Å². The van der Waals surface area contributed by atoms with Crippen molar-refractivity contribution in [1.29, 1.82) is 0 Å². The van der Waals surface area contributed by atoms with Crippen LogP contribution in [0.2, 0.25) is 0 Å². The van der Waals surface area contributed by atoms with Gasteiger partial charge in [0, 0.05) is 11.9 Å². The monoisotopic (exact) mass is 253 g/mol. The Hall–Kier alpha value is -0.970. The molecule has 0 aliphatic rings. The summed E-state index contributed by atoms with van der Waals surface area (Å²) in [6.45, 7) is 3.42. The number of nitrogens with zero attached hydrogens (tertiary/aromatic N) is 1. The molecule has 0 saturated heterocycles. The Balaban J connectivity index is 3.11. The number of aromatic nitrogens is 1. The highest BCUT2D eigenvalue weighted by molar-refractivity contribution is 6.17. The predicted octanol–water partition coefficient (Wildman–Crippen LogP) is 3.63. The van der Waals surface area contributed by atoms with Crippen LogP contribution in [0.4, 0.5) is 13.2 Å². The van der Waals surface area contributed by atoms with Crippen LogP contribution in [-0.2, 0) is 12.1 Å². The van der Waals surface area contributed by atoms with Gasteiger partial charge in [-0.2, -0.15) is 13.2 Å². The number of hydrogen-bond donors (Lipinski definition) is 0. The summed E-state index contributed by atoms with van der Waals surface area (Å²) < 4.78 is 42.5. The SMILES string of the molecule is CC(C)Oc1cc(CCl)cc(C(F)(F)F)n1. The average molecular weight is 254 g/mol. The molecule has 0 bridgehead atoms. The first-order valence-electron chi connectivity index (χ1n) is 4.63. The standard InChI is InChI=1S/C10H11ClF3NO/c1-6(2)16-9-4-7(5-11)3-8(15-9)10(12,13)14/h3-4,6H,5H2,1-2H3. The molecule has 0 unspecified atom stereocenters. The molecule has 0 aromatic carbocycles. The topological polar surface area (TPSA) is 22.1 Å². The van der Waals surface area contributed by atoms with E-state index in [-0.39, 0.29) is 17.9 Å². The number of rotatable bonds is 3. The molecular formula is C10H11ClF3NO. The van der Waals surface area contributed by atoms with E-state index in [0.29, 0.717) is 5.56 Å². The largest absolute Gasteiger partial charge is 0.475 e. The van der Waals surface area contributed by atoms with E-state index in [1.165, 1.54) is 6.07 Å². The van der Waals surface area contributed by atoms with E-state index in [0.717, 1.165) is 6.07 Å². The lowest BCUT2D eigenvalue weighted by atomic mass is 10.2. The fourth-order valence-electron chi connectivity index (χ4n) is 1.08. The van der Waals surface area contributed by atoms with Gasteiger partial charge in [-0.25, -0.2) is 4.98 Å². The molecule has 6 heteroatoms. The number of ether oxygens (including phenoxy) is 1. The second kappa shape index (κ2) is 4.91. The molecule has 0 aliphatic carbocycles. The summed E-state index contributed by atoms with van der Waals surface area (Å²) in [5.74, 6) is -0.0689. The molecule has 0 aliphatic heterocycles. The zero-order valence-corrected chi connectivity index (χ0v) is 9.56. The quantitative estimate of drug-likeness (QED) is 0.768. The average Bonchev–Trinajstić information content (AvgIpc) is 2.14. The molecule has 1 rings (SSSR count). The molecule has 0 radical (unpaired) electrons. The van der Waals surface area contributed by atoms with Crippen LogP contribution in [0.25, 0.3) is 0 Å². The lowest BCUT2D eigenvalue weighted by Gasteiger charge is -2.12. The molecule has 90 valence electrons. The molecule has 1 heterocycles. The summed E-state index contributed by atoms with van der Waals surface area (Å²) in [5, 5.41) is 0. The van der Waals surface area contributed by atoms with Gasteiger partial charge < -0.3 is 4.74 Å². The van der Waals surface area contributed by atoms with Gasteiger partial charge >= 0.3 is 6.18 Å². The van der Waals surface area contributed by atoms with Crippen LogP contribution >= 0.6 is 11.6 Å². The first-order valence-corrected chi connectivity index (χ1v) is 5.17. The van der Waals surface area contributed by atoms with Gasteiger partial charge in [-0.1, -0.05) is 0 Å². The van der Waals surface area contributed by atoms with Crippen molar-refractivity contribution in [3.05, 3.63) is 23.4 Å². The molecule has 0 saturated carbocycles. The third-order valence-corrected chi connectivity index (χ3v) is 1.97. The second-order valence-electron chi connectivity index (χ2n) is 3.50. The normalized spacial score (nSPS) is 11.9. The Morgan fingerprint density at radius 3 is 2.44 bits per heavy atom. The highest BCUT2D eigenvalue weighted by Gasteiger charge is 2.33.